The van der Waals surface area contributed by atoms with E-state index in [1.807, 2.05) is 37.3 Å². The third kappa shape index (κ3) is 2.67. The highest BCUT2D eigenvalue weighted by Gasteiger charge is 2.52. The second-order valence-corrected chi connectivity index (χ2v) is 4.28. The molecule has 0 amide bonds. The smallest absolute Gasteiger partial charge is 0.316 e. The Morgan fingerprint density at radius 3 is 2.53 bits per heavy atom. The molecule has 0 radical (unpaired) electrons. The normalized spacial score (nSPS) is 16.5. The molecule has 0 saturated heterocycles. The first-order valence-corrected chi connectivity index (χ1v) is 6.10. The average molecular weight is 234 g/mol. The van der Waals surface area contributed by atoms with E-state index >= 15 is 0 Å². The minimum absolute atomic E-state index is 0.108. The molecule has 0 bridgehead atoms. The van der Waals surface area contributed by atoms with Gasteiger partial charge in [-0.25, -0.2) is 0 Å². The maximum absolute atomic E-state index is 12.0. The summed E-state index contributed by atoms with van der Waals surface area (Å²) in [6.07, 6.45) is 1.79. The van der Waals surface area contributed by atoms with Crippen molar-refractivity contribution in [3.8, 4) is 0 Å². The van der Waals surface area contributed by atoms with Gasteiger partial charge in [0.2, 0.25) is 0 Å². The molecule has 0 aromatic heterocycles. The number of rotatable bonds is 6. The fourth-order valence-corrected chi connectivity index (χ4v) is 1.97. The summed E-state index contributed by atoms with van der Waals surface area (Å²) >= 11 is 0. The molecule has 0 aliphatic heterocycles. The lowest BCUT2D eigenvalue weighted by atomic mass is 9.96. The van der Waals surface area contributed by atoms with Crippen molar-refractivity contribution in [2.45, 2.75) is 25.2 Å². The van der Waals surface area contributed by atoms with Crippen LogP contribution >= 0.6 is 0 Å². The van der Waals surface area contributed by atoms with Crippen molar-refractivity contribution >= 4 is 5.97 Å². The Morgan fingerprint density at radius 1 is 1.24 bits per heavy atom. The standard InChI is InChI=1S/C14H18O3/c1-2-16-10-11-17-13(15)14(8-9-14)12-6-4-3-5-7-12/h3-7H,2,8-11H2,1H3. The fourth-order valence-electron chi connectivity index (χ4n) is 1.97. The van der Waals surface area contributed by atoms with E-state index in [2.05, 4.69) is 0 Å². The van der Waals surface area contributed by atoms with Crippen LogP contribution in [-0.2, 0) is 19.7 Å². The van der Waals surface area contributed by atoms with Gasteiger partial charge in [-0.2, -0.15) is 0 Å². The Morgan fingerprint density at radius 2 is 1.94 bits per heavy atom. The van der Waals surface area contributed by atoms with Gasteiger partial charge in [-0.3, -0.25) is 4.79 Å². The topological polar surface area (TPSA) is 35.5 Å². The van der Waals surface area contributed by atoms with Gasteiger partial charge in [0.05, 0.1) is 12.0 Å². The van der Waals surface area contributed by atoms with E-state index in [9.17, 15) is 4.79 Å². The first-order valence-electron chi connectivity index (χ1n) is 6.10. The van der Waals surface area contributed by atoms with Crippen molar-refractivity contribution < 1.29 is 14.3 Å². The third-order valence-electron chi connectivity index (χ3n) is 3.13. The first-order chi connectivity index (χ1) is 8.29. The largest absolute Gasteiger partial charge is 0.463 e. The molecule has 0 heterocycles. The molecule has 1 aliphatic carbocycles. The van der Waals surface area contributed by atoms with E-state index in [0.717, 1.165) is 18.4 Å². The zero-order chi connectivity index (χ0) is 12.1. The van der Waals surface area contributed by atoms with E-state index in [4.69, 9.17) is 9.47 Å². The van der Waals surface area contributed by atoms with Crippen LogP contribution in [0.5, 0.6) is 0 Å². The number of carbonyl (C=O) groups is 1. The highest BCUT2D eigenvalue weighted by atomic mass is 16.6. The number of esters is 1. The summed E-state index contributed by atoms with van der Waals surface area (Å²) in [5, 5.41) is 0. The number of hydrogen-bond donors (Lipinski definition) is 0. The van der Waals surface area contributed by atoms with Gasteiger partial charge >= 0.3 is 5.97 Å². The number of hydrogen-bond acceptors (Lipinski definition) is 3. The summed E-state index contributed by atoms with van der Waals surface area (Å²) in [5.41, 5.74) is 0.703. The van der Waals surface area contributed by atoms with Gasteiger partial charge in [0.15, 0.2) is 0 Å². The van der Waals surface area contributed by atoms with Gasteiger partial charge in [-0.05, 0) is 25.3 Å². The molecule has 0 unspecified atom stereocenters. The summed E-state index contributed by atoms with van der Waals surface area (Å²) in [6.45, 7) is 3.41. The Kier molecular flexibility index (Phi) is 3.79. The second-order valence-electron chi connectivity index (χ2n) is 4.28. The average Bonchev–Trinajstić information content (AvgIpc) is 3.17. The van der Waals surface area contributed by atoms with E-state index < -0.39 is 0 Å². The molecule has 2 rings (SSSR count). The third-order valence-corrected chi connectivity index (χ3v) is 3.13. The monoisotopic (exact) mass is 234 g/mol. The quantitative estimate of drug-likeness (QED) is 0.559. The highest BCUT2D eigenvalue weighted by Crippen LogP contribution is 2.49. The summed E-state index contributed by atoms with van der Waals surface area (Å²) < 4.78 is 10.4. The maximum Gasteiger partial charge on any atom is 0.316 e. The Hall–Kier alpha value is -1.35. The van der Waals surface area contributed by atoms with Crippen LogP contribution in [0.1, 0.15) is 25.3 Å². The molecular formula is C14H18O3. The molecule has 0 spiro atoms. The number of carbonyl (C=O) groups excluding carboxylic acids is 1. The van der Waals surface area contributed by atoms with Crippen molar-refractivity contribution in [2.24, 2.45) is 0 Å². The maximum atomic E-state index is 12.0. The van der Waals surface area contributed by atoms with E-state index in [1.54, 1.807) is 0 Å². The van der Waals surface area contributed by atoms with Gasteiger partial charge in [0.1, 0.15) is 6.61 Å². The van der Waals surface area contributed by atoms with Crippen LogP contribution in [-0.4, -0.2) is 25.8 Å². The van der Waals surface area contributed by atoms with Crippen LogP contribution in [0.3, 0.4) is 0 Å². The molecule has 17 heavy (non-hydrogen) atoms. The Balaban J connectivity index is 1.91. The van der Waals surface area contributed by atoms with Crippen LogP contribution < -0.4 is 0 Å². The van der Waals surface area contributed by atoms with Gasteiger partial charge in [0.25, 0.3) is 0 Å². The Bertz CT molecular complexity index is 368. The van der Waals surface area contributed by atoms with Crippen LogP contribution in [0.4, 0.5) is 0 Å². The SMILES string of the molecule is CCOCCOC(=O)C1(c2ccccc2)CC1. The molecule has 3 nitrogen and oxygen atoms in total. The van der Waals surface area contributed by atoms with Crippen LogP contribution in [0.2, 0.25) is 0 Å². The highest BCUT2D eigenvalue weighted by molar-refractivity contribution is 5.86. The van der Waals surface area contributed by atoms with E-state index in [1.165, 1.54) is 0 Å². The molecular weight excluding hydrogens is 216 g/mol. The van der Waals surface area contributed by atoms with Gasteiger partial charge in [0, 0.05) is 6.61 Å². The zero-order valence-corrected chi connectivity index (χ0v) is 10.1. The van der Waals surface area contributed by atoms with Gasteiger partial charge < -0.3 is 9.47 Å². The molecule has 1 aromatic rings. The number of ether oxygens (including phenoxy) is 2. The molecule has 1 aliphatic rings. The molecule has 92 valence electrons. The molecule has 1 saturated carbocycles. The molecule has 1 aromatic carbocycles. The van der Waals surface area contributed by atoms with Crippen LogP contribution in [0, 0.1) is 0 Å². The van der Waals surface area contributed by atoms with Crippen LogP contribution in [0.25, 0.3) is 0 Å². The minimum atomic E-state index is -0.368. The van der Waals surface area contributed by atoms with Gasteiger partial charge in [-0.1, -0.05) is 30.3 Å². The lowest BCUT2D eigenvalue weighted by Crippen LogP contribution is -2.24. The lowest BCUT2D eigenvalue weighted by Gasteiger charge is -2.14. The summed E-state index contributed by atoms with van der Waals surface area (Å²) in [5.74, 6) is -0.108. The van der Waals surface area contributed by atoms with Crippen molar-refractivity contribution in [3.05, 3.63) is 35.9 Å². The molecule has 3 heteroatoms. The fraction of sp³-hybridized carbons (Fsp3) is 0.500. The zero-order valence-electron chi connectivity index (χ0n) is 10.1. The van der Waals surface area contributed by atoms with Crippen molar-refractivity contribution in [3.63, 3.8) is 0 Å². The molecule has 0 atom stereocenters. The van der Waals surface area contributed by atoms with Crippen molar-refractivity contribution in [2.75, 3.05) is 19.8 Å². The van der Waals surface area contributed by atoms with Crippen LogP contribution in [0.15, 0.2) is 30.3 Å². The summed E-state index contributed by atoms with van der Waals surface area (Å²) in [6, 6.07) is 9.87. The lowest BCUT2D eigenvalue weighted by molar-refractivity contribution is -0.148. The minimum Gasteiger partial charge on any atom is -0.463 e. The first kappa shape index (κ1) is 12.1. The summed E-state index contributed by atoms with van der Waals surface area (Å²) in [7, 11) is 0. The Labute approximate surface area is 102 Å². The summed E-state index contributed by atoms with van der Waals surface area (Å²) in [4.78, 5) is 12.0. The number of benzene rings is 1. The predicted molar refractivity (Wildman–Crippen MR) is 64.8 cm³/mol. The van der Waals surface area contributed by atoms with Crippen molar-refractivity contribution in [1.82, 2.24) is 0 Å². The van der Waals surface area contributed by atoms with Gasteiger partial charge in [-0.15, -0.1) is 0 Å². The van der Waals surface area contributed by atoms with E-state index in [-0.39, 0.29) is 11.4 Å². The van der Waals surface area contributed by atoms with E-state index in [0.29, 0.717) is 19.8 Å². The molecule has 0 N–H and O–H groups in total. The second kappa shape index (κ2) is 5.32. The molecule has 1 fully saturated rings. The predicted octanol–water partition coefficient (Wildman–Crippen LogP) is 2.30. The van der Waals surface area contributed by atoms with Crippen molar-refractivity contribution in [1.29, 1.82) is 0 Å².